The van der Waals surface area contributed by atoms with Crippen LogP contribution in [0.25, 0.3) is 31.4 Å². The first-order valence-corrected chi connectivity index (χ1v) is 15.3. The summed E-state index contributed by atoms with van der Waals surface area (Å²) in [5.74, 6) is 0.884. The zero-order valence-electron chi connectivity index (χ0n) is 23.8. The Morgan fingerprint density at radius 2 is 1.49 bits per heavy atom. The van der Waals surface area contributed by atoms with Crippen molar-refractivity contribution in [3.05, 3.63) is 150 Å². The highest BCUT2D eigenvalue weighted by atomic mass is 32.1. The fraction of sp³-hybridized carbons (Fsp3) is 0.105. The number of hydrogen-bond acceptors (Lipinski definition) is 4. The van der Waals surface area contributed by atoms with Crippen molar-refractivity contribution < 1.29 is 4.39 Å². The molecule has 7 aromatic rings. The normalized spacial score (nSPS) is 14.4. The van der Waals surface area contributed by atoms with Crippen molar-refractivity contribution in [1.82, 2.24) is 9.97 Å². The zero-order chi connectivity index (χ0) is 29.1. The summed E-state index contributed by atoms with van der Waals surface area (Å²) in [6, 6.07) is 38.5. The number of hydrogen-bond donors (Lipinski definition) is 0. The van der Waals surface area contributed by atoms with Gasteiger partial charge in [-0.2, -0.15) is 0 Å². The molecule has 0 saturated carbocycles. The first-order chi connectivity index (χ1) is 21.0. The summed E-state index contributed by atoms with van der Waals surface area (Å²) in [5.41, 5.74) is 7.07. The van der Waals surface area contributed by atoms with Crippen LogP contribution in [0.4, 0.5) is 21.6 Å². The Morgan fingerprint density at radius 3 is 2.35 bits per heavy atom. The minimum Gasteiger partial charge on any atom is -0.293 e. The SMILES string of the molecule is CC1(C)c2cccnc2N(c2cccc(C(F)c3cccc(-c4ccccn4)c3)c2)c2c1ccc1c2sc2ccccc21. The van der Waals surface area contributed by atoms with Gasteiger partial charge in [0.2, 0.25) is 0 Å². The van der Waals surface area contributed by atoms with Gasteiger partial charge in [-0.05, 0) is 59.2 Å². The first-order valence-electron chi connectivity index (χ1n) is 14.5. The van der Waals surface area contributed by atoms with Crippen molar-refractivity contribution in [3.63, 3.8) is 0 Å². The number of alkyl halides is 1. The third-order valence-electron chi connectivity index (χ3n) is 8.65. The molecule has 4 heterocycles. The molecule has 1 aliphatic rings. The maximum Gasteiger partial charge on any atom is 0.150 e. The van der Waals surface area contributed by atoms with Crippen LogP contribution >= 0.6 is 11.3 Å². The number of aromatic nitrogens is 2. The van der Waals surface area contributed by atoms with Gasteiger partial charge < -0.3 is 0 Å². The molecule has 4 aromatic carbocycles. The number of fused-ring (bicyclic) bond motifs is 6. The van der Waals surface area contributed by atoms with Gasteiger partial charge in [-0.15, -0.1) is 11.3 Å². The maximum absolute atomic E-state index is 16.4. The lowest BCUT2D eigenvalue weighted by molar-refractivity contribution is 0.402. The molecule has 0 radical (unpaired) electrons. The van der Waals surface area contributed by atoms with E-state index in [9.17, 15) is 0 Å². The van der Waals surface area contributed by atoms with Crippen LogP contribution in [-0.2, 0) is 5.41 Å². The van der Waals surface area contributed by atoms with E-state index in [4.69, 9.17) is 4.98 Å². The zero-order valence-corrected chi connectivity index (χ0v) is 24.6. The van der Waals surface area contributed by atoms with Gasteiger partial charge in [0.25, 0.3) is 0 Å². The van der Waals surface area contributed by atoms with Crippen LogP contribution in [0.5, 0.6) is 0 Å². The van der Waals surface area contributed by atoms with Crippen molar-refractivity contribution in [2.24, 2.45) is 0 Å². The average Bonchev–Trinajstić information content (AvgIpc) is 3.44. The second kappa shape index (κ2) is 9.85. The van der Waals surface area contributed by atoms with E-state index in [0.717, 1.165) is 34.0 Å². The number of nitrogens with zero attached hydrogens (tertiary/aromatic N) is 3. The molecular formula is C38H28FN3S. The second-order valence-corrected chi connectivity index (χ2v) is 12.6. The van der Waals surface area contributed by atoms with Gasteiger partial charge in [-0.25, -0.2) is 9.37 Å². The molecule has 8 rings (SSSR count). The Kier molecular flexibility index (Phi) is 5.92. The summed E-state index contributed by atoms with van der Waals surface area (Å²) in [4.78, 5) is 11.6. The van der Waals surface area contributed by atoms with Gasteiger partial charge in [0.05, 0.1) is 16.1 Å². The number of anilines is 3. The summed E-state index contributed by atoms with van der Waals surface area (Å²) in [6.45, 7) is 4.54. The number of pyridine rings is 2. The van der Waals surface area contributed by atoms with E-state index in [1.807, 2.05) is 84.3 Å². The van der Waals surface area contributed by atoms with Crippen LogP contribution in [0.2, 0.25) is 0 Å². The fourth-order valence-corrected chi connectivity index (χ4v) is 7.71. The van der Waals surface area contributed by atoms with Gasteiger partial charge >= 0.3 is 0 Å². The molecule has 43 heavy (non-hydrogen) atoms. The van der Waals surface area contributed by atoms with Gasteiger partial charge in [0, 0.05) is 50.1 Å². The summed E-state index contributed by atoms with van der Waals surface area (Å²) < 4.78 is 18.8. The molecule has 0 saturated heterocycles. The first kappa shape index (κ1) is 25.8. The Morgan fingerprint density at radius 1 is 0.698 bits per heavy atom. The Labute approximate surface area is 253 Å². The van der Waals surface area contributed by atoms with Crippen molar-refractivity contribution in [3.8, 4) is 11.3 Å². The van der Waals surface area contributed by atoms with Gasteiger partial charge in [0.1, 0.15) is 5.82 Å². The van der Waals surface area contributed by atoms with Crippen LogP contribution < -0.4 is 4.90 Å². The van der Waals surface area contributed by atoms with Crippen molar-refractivity contribution in [1.29, 1.82) is 0 Å². The van der Waals surface area contributed by atoms with Gasteiger partial charge in [-0.1, -0.05) is 86.6 Å². The maximum atomic E-state index is 16.4. The molecule has 1 aliphatic heterocycles. The predicted octanol–water partition coefficient (Wildman–Crippen LogP) is 10.7. The minimum atomic E-state index is -1.30. The minimum absolute atomic E-state index is 0.258. The van der Waals surface area contributed by atoms with Crippen LogP contribution in [0.15, 0.2) is 128 Å². The molecule has 0 bridgehead atoms. The third kappa shape index (κ3) is 4.07. The van der Waals surface area contributed by atoms with E-state index >= 15 is 4.39 Å². The quantitative estimate of drug-likeness (QED) is 0.208. The van der Waals surface area contributed by atoms with E-state index in [1.165, 1.54) is 25.7 Å². The molecule has 5 heteroatoms. The number of halogens is 1. The Bertz CT molecular complexity index is 2150. The Hall–Kier alpha value is -4.87. The fourth-order valence-electron chi connectivity index (χ4n) is 6.47. The van der Waals surface area contributed by atoms with Crippen molar-refractivity contribution in [2.75, 3.05) is 4.90 Å². The van der Waals surface area contributed by atoms with E-state index in [2.05, 4.69) is 72.3 Å². The molecule has 3 nitrogen and oxygen atoms in total. The highest BCUT2D eigenvalue weighted by molar-refractivity contribution is 7.26. The lowest BCUT2D eigenvalue weighted by atomic mass is 9.74. The van der Waals surface area contributed by atoms with Crippen LogP contribution in [-0.4, -0.2) is 9.97 Å². The number of thiophene rings is 1. The Balaban J connectivity index is 1.31. The predicted molar refractivity (Wildman–Crippen MR) is 177 cm³/mol. The number of benzene rings is 4. The molecule has 0 N–H and O–H groups in total. The second-order valence-electron chi connectivity index (χ2n) is 11.6. The molecule has 0 aliphatic carbocycles. The number of rotatable bonds is 4. The summed E-state index contributed by atoms with van der Waals surface area (Å²) in [7, 11) is 0. The van der Waals surface area contributed by atoms with Crippen LogP contribution in [0, 0.1) is 0 Å². The molecule has 0 amide bonds. The van der Waals surface area contributed by atoms with E-state index in [1.54, 1.807) is 6.20 Å². The van der Waals surface area contributed by atoms with Crippen molar-refractivity contribution >= 4 is 48.7 Å². The van der Waals surface area contributed by atoms with E-state index in [-0.39, 0.29) is 5.41 Å². The molecule has 3 aromatic heterocycles. The summed E-state index contributed by atoms with van der Waals surface area (Å²) >= 11 is 1.81. The molecule has 208 valence electrons. The van der Waals surface area contributed by atoms with Crippen LogP contribution in [0.1, 0.15) is 42.3 Å². The van der Waals surface area contributed by atoms with Gasteiger partial charge in [0.15, 0.2) is 6.17 Å². The van der Waals surface area contributed by atoms with E-state index < -0.39 is 6.17 Å². The van der Waals surface area contributed by atoms with Gasteiger partial charge in [-0.3, -0.25) is 9.88 Å². The molecular weight excluding hydrogens is 550 g/mol. The topological polar surface area (TPSA) is 29.0 Å². The smallest absolute Gasteiger partial charge is 0.150 e. The molecule has 1 unspecified atom stereocenters. The summed E-state index contributed by atoms with van der Waals surface area (Å²) in [5, 5.41) is 2.48. The monoisotopic (exact) mass is 577 g/mol. The van der Waals surface area contributed by atoms with E-state index in [0.29, 0.717) is 11.1 Å². The highest BCUT2D eigenvalue weighted by Crippen LogP contribution is 2.55. The molecule has 1 atom stereocenters. The summed E-state index contributed by atoms with van der Waals surface area (Å²) in [6.07, 6.45) is 2.31. The molecule has 0 spiro atoms. The van der Waals surface area contributed by atoms with Crippen molar-refractivity contribution in [2.45, 2.75) is 25.4 Å². The standard InChI is InChI=1S/C38H28FN3S/c1-38(2)30-19-18-29-28-14-3-4-17-33(28)43-36(29)35(30)42(37-31(38)15-9-21-41-37)27-13-8-12-26(23-27)34(39)25-11-7-10-24(22-25)32-16-5-6-20-40-32/h3-23,34H,1-2H3. The molecule has 0 fully saturated rings. The van der Waals surface area contributed by atoms with Crippen LogP contribution in [0.3, 0.4) is 0 Å². The average molecular weight is 578 g/mol. The third-order valence-corrected chi connectivity index (χ3v) is 9.84. The highest BCUT2D eigenvalue weighted by Gasteiger charge is 2.39. The lowest BCUT2D eigenvalue weighted by Crippen LogP contribution is -2.31. The largest absolute Gasteiger partial charge is 0.293 e. The lowest BCUT2D eigenvalue weighted by Gasteiger charge is -2.41.